The molecule has 0 atom stereocenters. The number of rotatable bonds is 5. The van der Waals surface area contributed by atoms with Crippen LogP contribution in [0.2, 0.25) is 0 Å². The van der Waals surface area contributed by atoms with E-state index in [4.69, 9.17) is 0 Å². The lowest BCUT2D eigenvalue weighted by Crippen LogP contribution is -2.49. The van der Waals surface area contributed by atoms with Crippen LogP contribution in [0.15, 0.2) is 24.3 Å². The second kappa shape index (κ2) is 7.11. The number of nitrogens with one attached hydrogen (secondary N) is 1. The van der Waals surface area contributed by atoms with Crippen LogP contribution in [0, 0.1) is 0 Å². The summed E-state index contributed by atoms with van der Waals surface area (Å²) in [6.07, 6.45) is 0.844. The molecule has 0 unspecified atom stereocenters. The first-order valence-corrected chi connectivity index (χ1v) is 7.41. The van der Waals surface area contributed by atoms with E-state index >= 15 is 0 Å². The zero-order chi connectivity index (χ0) is 15.2. The standard InChI is InChI=1S/C16H23N3O2/c1-13(2)14-3-5-15(6-4-14)17-11-16(21)19-9-7-18(12-20)8-10-19/h3-6,12-13,17H,7-11H2,1-2H3. The van der Waals surface area contributed by atoms with E-state index in [0.717, 1.165) is 12.1 Å². The fourth-order valence-electron chi connectivity index (χ4n) is 2.35. The Labute approximate surface area is 125 Å². The highest BCUT2D eigenvalue weighted by molar-refractivity contribution is 5.81. The number of anilines is 1. The highest BCUT2D eigenvalue weighted by atomic mass is 16.2. The summed E-state index contributed by atoms with van der Waals surface area (Å²) < 4.78 is 0. The second-order valence-corrected chi connectivity index (χ2v) is 5.65. The zero-order valence-electron chi connectivity index (χ0n) is 12.7. The van der Waals surface area contributed by atoms with E-state index in [0.29, 0.717) is 38.6 Å². The fourth-order valence-corrected chi connectivity index (χ4v) is 2.35. The van der Waals surface area contributed by atoms with Crippen molar-refractivity contribution in [1.82, 2.24) is 9.80 Å². The predicted molar refractivity (Wildman–Crippen MR) is 83.2 cm³/mol. The van der Waals surface area contributed by atoms with Crippen molar-refractivity contribution in [1.29, 1.82) is 0 Å². The average Bonchev–Trinajstić information content (AvgIpc) is 2.53. The minimum atomic E-state index is 0.0773. The molecule has 1 aliphatic rings. The third-order valence-electron chi connectivity index (χ3n) is 3.84. The van der Waals surface area contributed by atoms with E-state index < -0.39 is 0 Å². The van der Waals surface area contributed by atoms with E-state index in [-0.39, 0.29) is 5.91 Å². The summed E-state index contributed by atoms with van der Waals surface area (Å²) in [5.41, 5.74) is 2.25. The molecule has 1 aliphatic heterocycles. The fraction of sp³-hybridized carbons (Fsp3) is 0.500. The molecule has 21 heavy (non-hydrogen) atoms. The van der Waals surface area contributed by atoms with Gasteiger partial charge in [0.05, 0.1) is 6.54 Å². The third-order valence-corrected chi connectivity index (χ3v) is 3.84. The second-order valence-electron chi connectivity index (χ2n) is 5.65. The van der Waals surface area contributed by atoms with Crippen LogP contribution < -0.4 is 5.32 Å². The maximum absolute atomic E-state index is 12.1. The van der Waals surface area contributed by atoms with Crippen LogP contribution in [0.3, 0.4) is 0 Å². The van der Waals surface area contributed by atoms with Gasteiger partial charge in [-0.3, -0.25) is 9.59 Å². The van der Waals surface area contributed by atoms with Gasteiger partial charge in [-0.1, -0.05) is 26.0 Å². The molecule has 1 N–H and O–H groups in total. The van der Waals surface area contributed by atoms with E-state index in [9.17, 15) is 9.59 Å². The molecule has 0 radical (unpaired) electrons. The SMILES string of the molecule is CC(C)c1ccc(NCC(=O)N2CCN(C=O)CC2)cc1. The van der Waals surface area contributed by atoms with Gasteiger partial charge in [-0.25, -0.2) is 0 Å². The summed E-state index contributed by atoms with van der Waals surface area (Å²) in [5, 5.41) is 3.16. The van der Waals surface area contributed by atoms with E-state index in [1.807, 2.05) is 12.1 Å². The highest BCUT2D eigenvalue weighted by Gasteiger charge is 2.19. The summed E-state index contributed by atoms with van der Waals surface area (Å²) in [7, 11) is 0. The summed E-state index contributed by atoms with van der Waals surface area (Å²) in [6, 6.07) is 8.18. The molecule has 0 aliphatic carbocycles. The Morgan fingerprint density at radius 1 is 1.19 bits per heavy atom. The third kappa shape index (κ3) is 4.21. The number of hydrogen-bond acceptors (Lipinski definition) is 3. The van der Waals surface area contributed by atoms with Gasteiger partial charge in [0.15, 0.2) is 0 Å². The molecule has 1 fully saturated rings. The van der Waals surface area contributed by atoms with Gasteiger partial charge in [0.2, 0.25) is 12.3 Å². The summed E-state index contributed by atoms with van der Waals surface area (Å²) in [5.74, 6) is 0.586. The minimum Gasteiger partial charge on any atom is -0.376 e. The molecule has 2 amide bonds. The first kappa shape index (κ1) is 15.4. The number of carbonyl (C=O) groups is 2. The smallest absolute Gasteiger partial charge is 0.241 e. The average molecular weight is 289 g/mol. The topological polar surface area (TPSA) is 52.7 Å². The van der Waals surface area contributed by atoms with Crippen LogP contribution in [-0.4, -0.2) is 54.8 Å². The maximum atomic E-state index is 12.1. The van der Waals surface area contributed by atoms with Crippen molar-refractivity contribution in [2.24, 2.45) is 0 Å². The van der Waals surface area contributed by atoms with Crippen LogP contribution in [0.5, 0.6) is 0 Å². The van der Waals surface area contributed by atoms with E-state index in [1.165, 1.54) is 5.56 Å². The molecule has 1 aromatic carbocycles. The largest absolute Gasteiger partial charge is 0.376 e. The Bertz CT molecular complexity index is 477. The number of amides is 2. The van der Waals surface area contributed by atoms with Crippen molar-refractivity contribution in [2.45, 2.75) is 19.8 Å². The molecule has 1 heterocycles. The maximum Gasteiger partial charge on any atom is 0.241 e. The number of hydrogen-bond donors (Lipinski definition) is 1. The Morgan fingerprint density at radius 2 is 1.81 bits per heavy atom. The molecule has 1 aromatic rings. The van der Waals surface area contributed by atoms with Crippen molar-refractivity contribution in [3.8, 4) is 0 Å². The van der Waals surface area contributed by atoms with Crippen molar-refractivity contribution in [3.63, 3.8) is 0 Å². The normalized spacial score (nSPS) is 15.2. The van der Waals surface area contributed by atoms with Crippen molar-refractivity contribution in [2.75, 3.05) is 38.0 Å². The van der Waals surface area contributed by atoms with Gasteiger partial charge < -0.3 is 15.1 Å². The van der Waals surface area contributed by atoms with Gasteiger partial charge >= 0.3 is 0 Å². The molecule has 1 saturated heterocycles. The molecule has 114 valence electrons. The Hall–Kier alpha value is -2.04. The van der Waals surface area contributed by atoms with Crippen LogP contribution in [0.4, 0.5) is 5.69 Å². The number of nitrogens with zero attached hydrogens (tertiary/aromatic N) is 2. The van der Waals surface area contributed by atoms with Gasteiger partial charge in [0, 0.05) is 31.9 Å². The van der Waals surface area contributed by atoms with Crippen LogP contribution in [-0.2, 0) is 9.59 Å². The first-order valence-electron chi connectivity index (χ1n) is 7.41. The molecule has 0 spiro atoms. The molecular formula is C16H23N3O2. The van der Waals surface area contributed by atoms with Gasteiger partial charge in [-0.05, 0) is 23.6 Å². The molecule has 5 nitrogen and oxygen atoms in total. The zero-order valence-corrected chi connectivity index (χ0v) is 12.7. The molecule has 0 saturated carbocycles. The van der Waals surface area contributed by atoms with E-state index in [2.05, 4.69) is 31.3 Å². The number of piperazine rings is 1. The van der Waals surface area contributed by atoms with Gasteiger partial charge in [-0.2, -0.15) is 0 Å². The van der Waals surface area contributed by atoms with Crippen molar-refractivity contribution in [3.05, 3.63) is 29.8 Å². The lowest BCUT2D eigenvalue weighted by Gasteiger charge is -2.32. The van der Waals surface area contributed by atoms with Crippen LogP contribution >= 0.6 is 0 Å². The Kier molecular flexibility index (Phi) is 5.20. The van der Waals surface area contributed by atoms with Crippen LogP contribution in [0.25, 0.3) is 0 Å². The lowest BCUT2D eigenvalue weighted by atomic mass is 10.0. The molecule has 2 rings (SSSR count). The Morgan fingerprint density at radius 3 is 2.33 bits per heavy atom. The summed E-state index contributed by atoms with van der Waals surface area (Å²) in [4.78, 5) is 26.2. The predicted octanol–water partition coefficient (Wildman–Crippen LogP) is 1.52. The highest BCUT2D eigenvalue weighted by Crippen LogP contribution is 2.17. The van der Waals surface area contributed by atoms with Gasteiger partial charge in [0.1, 0.15) is 0 Å². The van der Waals surface area contributed by atoms with Gasteiger partial charge in [0.25, 0.3) is 0 Å². The van der Waals surface area contributed by atoms with Crippen molar-refractivity contribution < 1.29 is 9.59 Å². The quantitative estimate of drug-likeness (QED) is 0.836. The monoisotopic (exact) mass is 289 g/mol. The molecule has 0 aromatic heterocycles. The van der Waals surface area contributed by atoms with Crippen molar-refractivity contribution >= 4 is 18.0 Å². The number of carbonyl (C=O) groups excluding carboxylic acids is 2. The number of benzene rings is 1. The molecular weight excluding hydrogens is 266 g/mol. The van der Waals surface area contributed by atoms with E-state index in [1.54, 1.807) is 9.80 Å². The molecule has 5 heteroatoms. The molecule has 0 bridgehead atoms. The van der Waals surface area contributed by atoms with Gasteiger partial charge in [-0.15, -0.1) is 0 Å². The van der Waals surface area contributed by atoms with Crippen LogP contribution in [0.1, 0.15) is 25.3 Å². The summed E-state index contributed by atoms with van der Waals surface area (Å²) >= 11 is 0. The Balaban J connectivity index is 1.80. The summed E-state index contributed by atoms with van der Waals surface area (Å²) in [6.45, 7) is 7.09. The minimum absolute atomic E-state index is 0.0773. The first-order chi connectivity index (χ1) is 10.1. The lowest BCUT2D eigenvalue weighted by molar-refractivity contribution is -0.133.